The fraction of sp³-hybridized carbons (Fsp3) is 0.333. The normalized spacial score (nSPS) is 15.9. The fourth-order valence-electron chi connectivity index (χ4n) is 1.24. The van der Waals surface area contributed by atoms with Crippen molar-refractivity contribution in [3.05, 3.63) is 22.7 Å². The highest BCUT2D eigenvalue weighted by molar-refractivity contribution is 6.33. The Kier molecular flexibility index (Phi) is 2.26. The molecule has 1 heterocycles. The molecule has 4 heteroatoms. The zero-order chi connectivity index (χ0) is 9.42. The van der Waals surface area contributed by atoms with Gasteiger partial charge in [-0.3, -0.25) is 0 Å². The predicted molar refractivity (Wildman–Crippen MR) is 51.8 cm³/mol. The maximum atomic E-state index is 5.98. The van der Waals surface area contributed by atoms with Crippen molar-refractivity contribution in [3.63, 3.8) is 0 Å². The van der Waals surface area contributed by atoms with Crippen LogP contribution in [-0.4, -0.2) is 6.79 Å². The Bertz CT molecular complexity index is 337. The largest absolute Gasteiger partial charge is 0.454 e. The van der Waals surface area contributed by atoms with Crippen molar-refractivity contribution in [3.8, 4) is 11.5 Å². The molecular formula is C9H8Cl2O2. The first kappa shape index (κ1) is 8.97. The van der Waals surface area contributed by atoms with Crippen LogP contribution in [0, 0.1) is 0 Å². The van der Waals surface area contributed by atoms with Crippen LogP contribution in [0.25, 0.3) is 0 Å². The van der Waals surface area contributed by atoms with Gasteiger partial charge >= 0.3 is 0 Å². The Morgan fingerprint density at radius 2 is 1.92 bits per heavy atom. The summed E-state index contributed by atoms with van der Waals surface area (Å²) in [5.41, 5.74) is 0.868. The summed E-state index contributed by atoms with van der Waals surface area (Å²) in [6.07, 6.45) is 0. The summed E-state index contributed by atoms with van der Waals surface area (Å²) < 4.78 is 10.4. The summed E-state index contributed by atoms with van der Waals surface area (Å²) in [6.45, 7) is 2.12. The van der Waals surface area contributed by atoms with Crippen molar-refractivity contribution >= 4 is 23.2 Å². The highest BCUT2D eigenvalue weighted by Gasteiger charge is 2.18. The molecule has 13 heavy (non-hydrogen) atoms. The van der Waals surface area contributed by atoms with Gasteiger partial charge in [-0.2, -0.15) is 0 Å². The van der Waals surface area contributed by atoms with Crippen molar-refractivity contribution in [1.29, 1.82) is 0 Å². The second-order valence-corrected chi connectivity index (χ2v) is 3.90. The minimum Gasteiger partial charge on any atom is -0.454 e. The van der Waals surface area contributed by atoms with Gasteiger partial charge in [0.1, 0.15) is 0 Å². The molecule has 0 spiro atoms. The summed E-state index contributed by atoms with van der Waals surface area (Å²) in [6, 6.07) is 3.56. The lowest BCUT2D eigenvalue weighted by molar-refractivity contribution is 0.174. The maximum absolute atomic E-state index is 5.98. The monoisotopic (exact) mass is 218 g/mol. The molecular weight excluding hydrogens is 211 g/mol. The van der Waals surface area contributed by atoms with Crippen molar-refractivity contribution in [2.75, 3.05) is 6.79 Å². The third-order valence-electron chi connectivity index (χ3n) is 1.92. The number of hydrogen-bond acceptors (Lipinski definition) is 2. The minimum atomic E-state index is -0.123. The van der Waals surface area contributed by atoms with Gasteiger partial charge in [0.15, 0.2) is 11.5 Å². The lowest BCUT2D eigenvalue weighted by atomic mass is 10.1. The first-order valence-corrected chi connectivity index (χ1v) is 4.73. The van der Waals surface area contributed by atoms with Crippen LogP contribution < -0.4 is 9.47 Å². The highest BCUT2D eigenvalue weighted by Crippen LogP contribution is 2.40. The van der Waals surface area contributed by atoms with Crippen LogP contribution in [0.3, 0.4) is 0 Å². The molecule has 0 saturated heterocycles. The molecule has 0 N–H and O–H groups in total. The van der Waals surface area contributed by atoms with Gasteiger partial charge in [0.05, 0.1) is 5.38 Å². The fourth-order valence-corrected chi connectivity index (χ4v) is 1.79. The van der Waals surface area contributed by atoms with Gasteiger partial charge in [0.25, 0.3) is 0 Å². The first-order valence-electron chi connectivity index (χ1n) is 3.91. The molecule has 1 aliphatic rings. The molecule has 2 nitrogen and oxygen atoms in total. The van der Waals surface area contributed by atoms with Gasteiger partial charge in [-0.05, 0) is 18.6 Å². The van der Waals surface area contributed by atoms with E-state index in [-0.39, 0.29) is 12.2 Å². The lowest BCUT2D eigenvalue weighted by Gasteiger charge is -2.07. The smallest absolute Gasteiger partial charge is 0.231 e. The van der Waals surface area contributed by atoms with Crippen molar-refractivity contribution in [2.24, 2.45) is 0 Å². The number of halogens is 2. The van der Waals surface area contributed by atoms with E-state index in [4.69, 9.17) is 32.7 Å². The quantitative estimate of drug-likeness (QED) is 0.674. The van der Waals surface area contributed by atoms with Gasteiger partial charge in [-0.1, -0.05) is 11.6 Å². The Labute approximate surface area is 86.4 Å². The molecule has 1 aromatic carbocycles. The minimum absolute atomic E-state index is 0.123. The second-order valence-electron chi connectivity index (χ2n) is 2.84. The lowest BCUT2D eigenvalue weighted by Crippen LogP contribution is -1.92. The highest BCUT2D eigenvalue weighted by atomic mass is 35.5. The number of alkyl halides is 1. The molecule has 0 saturated carbocycles. The molecule has 0 aliphatic carbocycles. The molecule has 0 aromatic heterocycles. The van der Waals surface area contributed by atoms with Crippen LogP contribution in [-0.2, 0) is 0 Å². The van der Waals surface area contributed by atoms with Crippen LogP contribution >= 0.6 is 23.2 Å². The number of ether oxygens (including phenoxy) is 2. The summed E-state index contributed by atoms with van der Waals surface area (Å²) in [4.78, 5) is 0. The summed E-state index contributed by atoms with van der Waals surface area (Å²) in [7, 11) is 0. The summed E-state index contributed by atoms with van der Waals surface area (Å²) in [5.74, 6) is 1.40. The molecule has 1 atom stereocenters. The van der Waals surface area contributed by atoms with Gasteiger partial charge in [0, 0.05) is 11.1 Å². The van der Waals surface area contributed by atoms with E-state index in [0.717, 1.165) is 5.56 Å². The van der Waals surface area contributed by atoms with Crippen molar-refractivity contribution in [2.45, 2.75) is 12.3 Å². The van der Waals surface area contributed by atoms with E-state index in [9.17, 15) is 0 Å². The molecule has 0 amide bonds. The predicted octanol–water partition coefficient (Wildman–Crippen LogP) is 3.37. The molecule has 0 bridgehead atoms. The first-order chi connectivity index (χ1) is 6.18. The Morgan fingerprint density at radius 3 is 2.54 bits per heavy atom. The van der Waals surface area contributed by atoms with Crippen LogP contribution in [0.1, 0.15) is 17.9 Å². The molecule has 1 aromatic rings. The van der Waals surface area contributed by atoms with Crippen LogP contribution in [0.5, 0.6) is 11.5 Å². The molecule has 0 radical (unpaired) electrons. The van der Waals surface area contributed by atoms with E-state index >= 15 is 0 Å². The number of fused-ring (bicyclic) bond motifs is 1. The third-order valence-corrected chi connectivity index (χ3v) is 2.48. The zero-order valence-electron chi connectivity index (χ0n) is 7.01. The maximum Gasteiger partial charge on any atom is 0.231 e. The van der Waals surface area contributed by atoms with Gasteiger partial charge in [0.2, 0.25) is 6.79 Å². The summed E-state index contributed by atoms with van der Waals surface area (Å²) in [5, 5.41) is 0.494. The Morgan fingerprint density at radius 1 is 1.31 bits per heavy atom. The number of benzene rings is 1. The topological polar surface area (TPSA) is 18.5 Å². The second kappa shape index (κ2) is 3.28. The van der Waals surface area contributed by atoms with E-state index in [1.54, 1.807) is 6.07 Å². The van der Waals surface area contributed by atoms with Gasteiger partial charge in [-0.15, -0.1) is 11.6 Å². The Balaban J connectivity index is 2.49. The van der Waals surface area contributed by atoms with E-state index < -0.39 is 0 Å². The van der Waals surface area contributed by atoms with Crippen LogP contribution in [0.2, 0.25) is 5.02 Å². The van der Waals surface area contributed by atoms with E-state index in [2.05, 4.69) is 0 Å². The van der Waals surface area contributed by atoms with Crippen LogP contribution in [0.15, 0.2) is 12.1 Å². The van der Waals surface area contributed by atoms with E-state index in [0.29, 0.717) is 16.5 Å². The Hall–Kier alpha value is -0.600. The molecule has 1 unspecified atom stereocenters. The molecule has 2 rings (SSSR count). The average Bonchev–Trinajstić information content (AvgIpc) is 2.48. The molecule has 70 valence electrons. The van der Waals surface area contributed by atoms with E-state index in [1.165, 1.54) is 0 Å². The van der Waals surface area contributed by atoms with Crippen molar-refractivity contribution < 1.29 is 9.47 Å². The average molecular weight is 219 g/mol. The van der Waals surface area contributed by atoms with Crippen molar-refractivity contribution in [1.82, 2.24) is 0 Å². The third kappa shape index (κ3) is 1.56. The van der Waals surface area contributed by atoms with E-state index in [1.807, 2.05) is 13.0 Å². The molecule has 0 fully saturated rings. The van der Waals surface area contributed by atoms with Gasteiger partial charge < -0.3 is 9.47 Å². The number of hydrogen-bond donors (Lipinski definition) is 0. The molecule has 1 aliphatic heterocycles. The van der Waals surface area contributed by atoms with Gasteiger partial charge in [-0.25, -0.2) is 0 Å². The van der Waals surface area contributed by atoms with Crippen LogP contribution in [0.4, 0.5) is 0 Å². The standard InChI is InChI=1S/C9H8Cl2O2/c1-5(10)6-2-8-9(3-7(6)11)13-4-12-8/h2-3,5H,4H2,1H3. The SMILES string of the molecule is CC(Cl)c1cc2c(cc1Cl)OCO2. The zero-order valence-corrected chi connectivity index (χ0v) is 8.52. The summed E-state index contributed by atoms with van der Waals surface area (Å²) >= 11 is 11.9. The number of rotatable bonds is 1.